The third kappa shape index (κ3) is 4.23. The Morgan fingerprint density at radius 1 is 1.26 bits per heavy atom. The minimum Gasteiger partial charge on any atom is -0.382 e. The van der Waals surface area contributed by atoms with Crippen LogP contribution in [0.1, 0.15) is 56.4 Å². The number of hydrogen-bond acceptors (Lipinski definition) is 3. The van der Waals surface area contributed by atoms with Gasteiger partial charge in [-0.25, -0.2) is 4.98 Å². The minimum atomic E-state index is -0.0528. The molecule has 1 aliphatic carbocycles. The SMILES string of the molecule is CC(C)Nc1ccc(C(=O)NC2CCCCC2)nc1. The Kier molecular flexibility index (Phi) is 4.77. The van der Waals surface area contributed by atoms with Gasteiger partial charge in [0.1, 0.15) is 5.69 Å². The van der Waals surface area contributed by atoms with Crippen LogP contribution in [0.3, 0.4) is 0 Å². The van der Waals surface area contributed by atoms with Crippen LogP contribution in [0.25, 0.3) is 0 Å². The molecule has 0 aromatic carbocycles. The highest BCUT2D eigenvalue weighted by Gasteiger charge is 2.17. The van der Waals surface area contributed by atoms with Gasteiger partial charge in [0, 0.05) is 12.1 Å². The molecular weight excluding hydrogens is 238 g/mol. The first-order valence-corrected chi connectivity index (χ1v) is 7.18. The fourth-order valence-corrected chi connectivity index (χ4v) is 2.45. The second kappa shape index (κ2) is 6.55. The number of rotatable bonds is 4. The summed E-state index contributed by atoms with van der Waals surface area (Å²) in [7, 11) is 0. The Balaban J connectivity index is 1.91. The Bertz CT molecular complexity index is 408. The molecule has 0 spiro atoms. The molecule has 19 heavy (non-hydrogen) atoms. The number of anilines is 1. The van der Waals surface area contributed by atoms with E-state index in [1.165, 1.54) is 19.3 Å². The van der Waals surface area contributed by atoms with Crippen molar-refractivity contribution < 1.29 is 4.79 Å². The molecule has 0 aliphatic heterocycles. The standard InChI is InChI=1S/C15H23N3O/c1-11(2)17-13-8-9-14(16-10-13)15(19)18-12-6-4-3-5-7-12/h8-12,17H,3-7H2,1-2H3,(H,18,19). The summed E-state index contributed by atoms with van der Waals surface area (Å²) < 4.78 is 0. The topological polar surface area (TPSA) is 54.0 Å². The molecule has 104 valence electrons. The lowest BCUT2D eigenvalue weighted by Gasteiger charge is -2.22. The van der Waals surface area contributed by atoms with Crippen LogP contribution >= 0.6 is 0 Å². The Morgan fingerprint density at radius 2 is 2.00 bits per heavy atom. The van der Waals surface area contributed by atoms with Crippen molar-refractivity contribution in [2.75, 3.05) is 5.32 Å². The van der Waals surface area contributed by atoms with E-state index in [4.69, 9.17) is 0 Å². The van der Waals surface area contributed by atoms with Gasteiger partial charge in [0.15, 0.2) is 0 Å². The zero-order valence-corrected chi connectivity index (χ0v) is 11.8. The molecule has 1 saturated carbocycles. The van der Waals surface area contributed by atoms with E-state index in [9.17, 15) is 4.79 Å². The summed E-state index contributed by atoms with van der Waals surface area (Å²) in [5.41, 5.74) is 1.45. The number of hydrogen-bond donors (Lipinski definition) is 2. The fourth-order valence-electron chi connectivity index (χ4n) is 2.45. The summed E-state index contributed by atoms with van der Waals surface area (Å²) in [5, 5.41) is 6.33. The summed E-state index contributed by atoms with van der Waals surface area (Å²) in [6.07, 6.45) is 7.64. The van der Waals surface area contributed by atoms with Crippen LogP contribution in [0.2, 0.25) is 0 Å². The average molecular weight is 261 g/mol. The summed E-state index contributed by atoms with van der Waals surface area (Å²) in [6.45, 7) is 4.15. The molecule has 1 amide bonds. The van der Waals surface area contributed by atoms with Crippen molar-refractivity contribution in [1.82, 2.24) is 10.3 Å². The Morgan fingerprint density at radius 3 is 2.58 bits per heavy atom. The largest absolute Gasteiger partial charge is 0.382 e. The van der Waals surface area contributed by atoms with E-state index in [1.807, 2.05) is 6.07 Å². The number of amides is 1. The molecule has 1 aromatic rings. The zero-order valence-electron chi connectivity index (χ0n) is 11.8. The van der Waals surface area contributed by atoms with Crippen LogP contribution in [0.4, 0.5) is 5.69 Å². The van der Waals surface area contributed by atoms with Gasteiger partial charge in [0.05, 0.1) is 11.9 Å². The van der Waals surface area contributed by atoms with Crippen molar-refractivity contribution in [3.8, 4) is 0 Å². The van der Waals surface area contributed by atoms with Crippen LogP contribution in [-0.4, -0.2) is 23.0 Å². The first-order valence-electron chi connectivity index (χ1n) is 7.18. The monoisotopic (exact) mass is 261 g/mol. The average Bonchev–Trinajstić information content (AvgIpc) is 2.40. The van der Waals surface area contributed by atoms with E-state index in [2.05, 4.69) is 29.5 Å². The first kappa shape index (κ1) is 13.8. The maximum absolute atomic E-state index is 12.1. The summed E-state index contributed by atoms with van der Waals surface area (Å²) >= 11 is 0. The van der Waals surface area contributed by atoms with Crippen molar-refractivity contribution >= 4 is 11.6 Å². The molecule has 2 rings (SSSR count). The second-order valence-corrected chi connectivity index (χ2v) is 5.54. The van der Waals surface area contributed by atoms with E-state index < -0.39 is 0 Å². The van der Waals surface area contributed by atoms with Crippen molar-refractivity contribution in [2.45, 2.75) is 58.0 Å². The molecule has 1 aliphatic rings. The van der Waals surface area contributed by atoms with E-state index in [1.54, 1.807) is 12.3 Å². The van der Waals surface area contributed by atoms with Gasteiger partial charge < -0.3 is 10.6 Å². The van der Waals surface area contributed by atoms with Gasteiger partial charge >= 0.3 is 0 Å². The minimum absolute atomic E-state index is 0.0528. The molecule has 4 nitrogen and oxygen atoms in total. The summed E-state index contributed by atoms with van der Waals surface area (Å²) in [4.78, 5) is 16.3. The number of nitrogens with one attached hydrogen (secondary N) is 2. The van der Waals surface area contributed by atoms with E-state index >= 15 is 0 Å². The number of carbonyl (C=O) groups is 1. The van der Waals surface area contributed by atoms with Gasteiger partial charge in [-0.3, -0.25) is 4.79 Å². The second-order valence-electron chi connectivity index (χ2n) is 5.54. The maximum Gasteiger partial charge on any atom is 0.270 e. The van der Waals surface area contributed by atoms with Gasteiger partial charge in [-0.15, -0.1) is 0 Å². The lowest BCUT2D eigenvalue weighted by Crippen LogP contribution is -2.36. The highest BCUT2D eigenvalue weighted by molar-refractivity contribution is 5.92. The van der Waals surface area contributed by atoms with E-state index in [-0.39, 0.29) is 5.91 Å². The van der Waals surface area contributed by atoms with Gasteiger partial charge in [-0.05, 0) is 38.8 Å². The maximum atomic E-state index is 12.1. The van der Waals surface area contributed by atoms with Crippen LogP contribution in [0.15, 0.2) is 18.3 Å². The van der Waals surface area contributed by atoms with Crippen LogP contribution < -0.4 is 10.6 Å². The van der Waals surface area contributed by atoms with Crippen LogP contribution in [0, 0.1) is 0 Å². The first-order chi connectivity index (χ1) is 9.15. The van der Waals surface area contributed by atoms with Crippen molar-refractivity contribution in [2.24, 2.45) is 0 Å². The van der Waals surface area contributed by atoms with Gasteiger partial charge in [-0.1, -0.05) is 19.3 Å². The zero-order chi connectivity index (χ0) is 13.7. The highest BCUT2D eigenvalue weighted by Crippen LogP contribution is 2.17. The molecule has 1 heterocycles. The van der Waals surface area contributed by atoms with Gasteiger partial charge in [-0.2, -0.15) is 0 Å². The lowest BCUT2D eigenvalue weighted by atomic mass is 9.95. The predicted molar refractivity (Wildman–Crippen MR) is 77.3 cm³/mol. The molecule has 4 heteroatoms. The quantitative estimate of drug-likeness (QED) is 0.876. The van der Waals surface area contributed by atoms with Crippen LogP contribution in [0.5, 0.6) is 0 Å². The molecule has 0 bridgehead atoms. The third-order valence-corrected chi connectivity index (χ3v) is 3.39. The van der Waals surface area contributed by atoms with E-state index in [0.29, 0.717) is 17.8 Å². The van der Waals surface area contributed by atoms with Gasteiger partial charge in [0.25, 0.3) is 5.91 Å². The third-order valence-electron chi connectivity index (χ3n) is 3.39. The highest BCUT2D eigenvalue weighted by atomic mass is 16.1. The Hall–Kier alpha value is -1.58. The van der Waals surface area contributed by atoms with E-state index in [0.717, 1.165) is 18.5 Å². The normalized spacial score (nSPS) is 16.4. The summed E-state index contributed by atoms with van der Waals surface area (Å²) in [5.74, 6) is -0.0528. The smallest absolute Gasteiger partial charge is 0.270 e. The molecular formula is C15H23N3O. The predicted octanol–water partition coefficient (Wildman–Crippen LogP) is 2.96. The summed E-state index contributed by atoms with van der Waals surface area (Å²) in [6, 6.07) is 4.38. The number of nitrogens with zero attached hydrogens (tertiary/aromatic N) is 1. The lowest BCUT2D eigenvalue weighted by molar-refractivity contribution is 0.0922. The molecule has 1 aromatic heterocycles. The molecule has 0 unspecified atom stereocenters. The molecule has 1 fully saturated rings. The van der Waals surface area contributed by atoms with Crippen molar-refractivity contribution in [1.29, 1.82) is 0 Å². The Labute approximate surface area is 115 Å². The molecule has 0 saturated heterocycles. The molecule has 2 N–H and O–H groups in total. The number of carbonyl (C=O) groups excluding carboxylic acids is 1. The van der Waals surface area contributed by atoms with Crippen LogP contribution in [-0.2, 0) is 0 Å². The number of pyridine rings is 1. The number of aromatic nitrogens is 1. The molecule has 0 radical (unpaired) electrons. The fraction of sp³-hybridized carbons (Fsp3) is 0.600. The van der Waals surface area contributed by atoms with Crippen molar-refractivity contribution in [3.05, 3.63) is 24.0 Å². The molecule has 0 atom stereocenters. The van der Waals surface area contributed by atoms with Crippen molar-refractivity contribution in [3.63, 3.8) is 0 Å². The van der Waals surface area contributed by atoms with Gasteiger partial charge in [0.2, 0.25) is 0 Å².